The van der Waals surface area contributed by atoms with Crippen LogP contribution in [0.1, 0.15) is 43.1 Å². The second-order valence-electron chi connectivity index (χ2n) is 5.93. The average Bonchev–Trinajstić information content (AvgIpc) is 3.25. The normalized spacial score (nSPS) is 26.0. The van der Waals surface area contributed by atoms with Crippen molar-refractivity contribution in [1.82, 2.24) is 9.36 Å². The number of anilines is 1. The van der Waals surface area contributed by atoms with Crippen molar-refractivity contribution in [2.24, 2.45) is 0 Å². The standard InChI is InChI=1S/C16H19N3OS/c1-11-9-19(16-17-15(18-21-16)13-7-8-13)14(10-20-11)12-5-3-2-4-6-12/h2-6,11,13-14H,7-10H2,1H3. The number of morpholine rings is 1. The van der Waals surface area contributed by atoms with Crippen LogP contribution in [0.5, 0.6) is 0 Å². The van der Waals surface area contributed by atoms with Crippen molar-refractivity contribution in [1.29, 1.82) is 0 Å². The summed E-state index contributed by atoms with van der Waals surface area (Å²) in [7, 11) is 0. The van der Waals surface area contributed by atoms with E-state index < -0.39 is 0 Å². The Balaban J connectivity index is 1.64. The van der Waals surface area contributed by atoms with E-state index in [1.54, 1.807) is 0 Å². The molecule has 1 aromatic carbocycles. The Morgan fingerprint density at radius 2 is 2.05 bits per heavy atom. The molecule has 2 aliphatic rings. The molecule has 0 radical (unpaired) electrons. The van der Waals surface area contributed by atoms with Gasteiger partial charge in [0, 0.05) is 24.0 Å². The molecule has 4 rings (SSSR count). The minimum Gasteiger partial charge on any atom is -0.374 e. The summed E-state index contributed by atoms with van der Waals surface area (Å²) in [4.78, 5) is 7.15. The van der Waals surface area contributed by atoms with Crippen molar-refractivity contribution >= 4 is 16.7 Å². The van der Waals surface area contributed by atoms with Gasteiger partial charge in [0.25, 0.3) is 0 Å². The maximum Gasteiger partial charge on any atom is 0.205 e. The van der Waals surface area contributed by atoms with Crippen LogP contribution in [-0.2, 0) is 4.74 Å². The van der Waals surface area contributed by atoms with E-state index in [9.17, 15) is 0 Å². The van der Waals surface area contributed by atoms with Crippen LogP contribution >= 0.6 is 11.5 Å². The van der Waals surface area contributed by atoms with Crippen molar-refractivity contribution < 1.29 is 4.74 Å². The van der Waals surface area contributed by atoms with Gasteiger partial charge < -0.3 is 9.64 Å². The summed E-state index contributed by atoms with van der Waals surface area (Å²) in [5.41, 5.74) is 1.28. The van der Waals surface area contributed by atoms with Gasteiger partial charge in [0.05, 0.1) is 18.8 Å². The van der Waals surface area contributed by atoms with Crippen LogP contribution in [0.25, 0.3) is 0 Å². The number of rotatable bonds is 3. The first-order valence-electron chi connectivity index (χ1n) is 7.58. The molecule has 1 aliphatic heterocycles. The summed E-state index contributed by atoms with van der Waals surface area (Å²) in [6.07, 6.45) is 2.73. The van der Waals surface area contributed by atoms with Crippen molar-refractivity contribution in [3.8, 4) is 0 Å². The fourth-order valence-corrected chi connectivity index (χ4v) is 3.62. The monoisotopic (exact) mass is 301 g/mol. The second kappa shape index (κ2) is 5.39. The van der Waals surface area contributed by atoms with Gasteiger partial charge in [0.15, 0.2) is 0 Å². The first-order chi connectivity index (χ1) is 10.3. The molecular formula is C16H19N3OS. The number of nitrogens with zero attached hydrogens (tertiary/aromatic N) is 3. The van der Waals surface area contributed by atoms with Crippen LogP contribution in [0.15, 0.2) is 30.3 Å². The zero-order chi connectivity index (χ0) is 14.2. The molecule has 0 spiro atoms. The highest BCUT2D eigenvalue weighted by Crippen LogP contribution is 2.41. The first kappa shape index (κ1) is 13.2. The van der Waals surface area contributed by atoms with Gasteiger partial charge >= 0.3 is 0 Å². The first-order valence-corrected chi connectivity index (χ1v) is 8.35. The molecule has 2 atom stereocenters. The number of aromatic nitrogens is 2. The molecule has 0 N–H and O–H groups in total. The highest BCUT2D eigenvalue weighted by atomic mass is 32.1. The van der Waals surface area contributed by atoms with Gasteiger partial charge in [-0.1, -0.05) is 30.3 Å². The van der Waals surface area contributed by atoms with E-state index >= 15 is 0 Å². The largest absolute Gasteiger partial charge is 0.374 e. The van der Waals surface area contributed by atoms with Crippen molar-refractivity contribution in [3.05, 3.63) is 41.7 Å². The summed E-state index contributed by atoms with van der Waals surface area (Å²) in [6, 6.07) is 10.8. The molecule has 1 saturated heterocycles. The lowest BCUT2D eigenvalue weighted by molar-refractivity contribution is 0.0303. The Hall–Kier alpha value is -1.46. The second-order valence-corrected chi connectivity index (χ2v) is 6.66. The maximum absolute atomic E-state index is 5.88. The molecule has 0 amide bonds. The van der Waals surface area contributed by atoms with E-state index in [1.807, 2.05) is 0 Å². The fourth-order valence-electron chi connectivity index (χ4n) is 2.82. The van der Waals surface area contributed by atoms with Gasteiger partial charge in [-0.2, -0.15) is 4.37 Å². The lowest BCUT2D eigenvalue weighted by Crippen LogP contribution is -2.43. The zero-order valence-electron chi connectivity index (χ0n) is 12.1. The Morgan fingerprint density at radius 3 is 2.81 bits per heavy atom. The summed E-state index contributed by atoms with van der Waals surface area (Å²) >= 11 is 1.53. The highest BCUT2D eigenvalue weighted by molar-refractivity contribution is 7.09. The van der Waals surface area contributed by atoms with Gasteiger partial charge in [-0.15, -0.1) is 0 Å². The van der Waals surface area contributed by atoms with E-state index in [2.05, 4.69) is 46.5 Å². The third-order valence-electron chi connectivity index (χ3n) is 4.17. The summed E-state index contributed by atoms with van der Waals surface area (Å²) < 4.78 is 10.4. The summed E-state index contributed by atoms with van der Waals surface area (Å²) in [6.45, 7) is 3.71. The molecule has 5 heteroatoms. The molecule has 4 nitrogen and oxygen atoms in total. The van der Waals surface area contributed by atoms with Gasteiger partial charge in [-0.25, -0.2) is 4.98 Å². The molecule has 2 unspecified atom stereocenters. The van der Waals surface area contributed by atoms with Crippen molar-refractivity contribution in [2.45, 2.75) is 37.8 Å². The summed E-state index contributed by atoms with van der Waals surface area (Å²) in [5, 5.41) is 1.04. The molecule has 110 valence electrons. The fraction of sp³-hybridized carbons (Fsp3) is 0.500. The number of benzene rings is 1. The Kier molecular flexibility index (Phi) is 3.39. The van der Waals surface area contributed by atoms with E-state index in [1.165, 1.54) is 29.9 Å². The number of hydrogen-bond donors (Lipinski definition) is 0. The van der Waals surface area contributed by atoms with E-state index in [4.69, 9.17) is 9.72 Å². The van der Waals surface area contributed by atoms with E-state index in [-0.39, 0.29) is 12.1 Å². The Morgan fingerprint density at radius 1 is 1.24 bits per heavy atom. The minimum atomic E-state index is 0.234. The predicted octanol–water partition coefficient (Wildman–Crippen LogP) is 3.38. The molecular weight excluding hydrogens is 282 g/mol. The Bertz CT molecular complexity index is 611. The summed E-state index contributed by atoms with van der Waals surface area (Å²) in [5.74, 6) is 1.66. The highest BCUT2D eigenvalue weighted by Gasteiger charge is 2.33. The lowest BCUT2D eigenvalue weighted by Gasteiger charge is -2.38. The van der Waals surface area contributed by atoms with Gasteiger partial charge in [-0.3, -0.25) is 0 Å². The molecule has 0 bridgehead atoms. The Labute approximate surface area is 128 Å². The van der Waals surface area contributed by atoms with E-state index in [0.717, 1.165) is 17.5 Å². The van der Waals surface area contributed by atoms with Crippen LogP contribution in [0.4, 0.5) is 5.13 Å². The minimum absolute atomic E-state index is 0.234. The van der Waals surface area contributed by atoms with E-state index in [0.29, 0.717) is 12.5 Å². The predicted molar refractivity (Wildman–Crippen MR) is 83.8 cm³/mol. The molecule has 1 saturated carbocycles. The van der Waals surface area contributed by atoms with Crippen LogP contribution < -0.4 is 4.90 Å². The van der Waals surface area contributed by atoms with Crippen LogP contribution in [0, 0.1) is 0 Å². The maximum atomic E-state index is 5.88. The van der Waals surface area contributed by atoms with Crippen molar-refractivity contribution in [3.63, 3.8) is 0 Å². The van der Waals surface area contributed by atoms with Gasteiger partial charge in [0.1, 0.15) is 5.82 Å². The van der Waals surface area contributed by atoms with Crippen LogP contribution in [-0.4, -0.2) is 28.6 Å². The quantitative estimate of drug-likeness (QED) is 0.871. The molecule has 21 heavy (non-hydrogen) atoms. The number of ether oxygens (including phenoxy) is 1. The topological polar surface area (TPSA) is 38.2 Å². The average molecular weight is 301 g/mol. The smallest absolute Gasteiger partial charge is 0.205 e. The lowest BCUT2D eigenvalue weighted by atomic mass is 10.0. The molecule has 1 aromatic heterocycles. The van der Waals surface area contributed by atoms with Crippen molar-refractivity contribution in [2.75, 3.05) is 18.1 Å². The third-order valence-corrected chi connectivity index (χ3v) is 4.94. The molecule has 1 aliphatic carbocycles. The molecule has 2 heterocycles. The van der Waals surface area contributed by atoms with Gasteiger partial charge in [-0.05, 0) is 25.3 Å². The van der Waals surface area contributed by atoms with Crippen LogP contribution in [0.3, 0.4) is 0 Å². The molecule has 2 aromatic rings. The number of hydrogen-bond acceptors (Lipinski definition) is 5. The molecule has 2 fully saturated rings. The third kappa shape index (κ3) is 2.68. The van der Waals surface area contributed by atoms with Gasteiger partial charge in [0.2, 0.25) is 5.13 Å². The zero-order valence-corrected chi connectivity index (χ0v) is 12.9. The van der Waals surface area contributed by atoms with Crippen LogP contribution in [0.2, 0.25) is 0 Å². The SMILES string of the molecule is CC1CN(c2nc(C3CC3)ns2)C(c2ccccc2)CO1.